The highest BCUT2D eigenvalue weighted by Crippen LogP contribution is 2.44. The maximum atomic E-state index is 12.4. The van der Waals surface area contributed by atoms with Gasteiger partial charge in [0.2, 0.25) is 5.91 Å². The second-order valence-corrected chi connectivity index (χ2v) is 6.98. The Morgan fingerprint density at radius 3 is 2.81 bits per heavy atom. The number of nitrogens with zero attached hydrogens (tertiary/aromatic N) is 1. The number of fused-ring (bicyclic) bond motifs is 1. The van der Waals surface area contributed by atoms with Crippen LogP contribution in [0.5, 0.6) is 0 Å². The second-order valence-electron chi connectivity index (χ2n) is 6.57. The molecule has 1 N–H and O–H groups in total. The first-order valence-corrected chi connectivity index (χ1v) is 7.67. The first-order valence-electron chi connectivity index (χ1n) is 7.29. The quantitative estimate of drug-likeness (QED) is 0.918. The molecule has 5 heteroatoms. The summed E-state index contributed by atoms with van der Waals surface area (Å²) in [7, 11) is 0. The van der Waals surface area contributed by atoms with Gasteiger partial charge in [-0.2, -0.15) is 0 Å². The molecule has 0 spiro atoms. The topological polar surface area (TPSA) is 32.3 Å². The van der Waals surface area contributed by atoms with Gasteiger partial charge in [0.1, 0.15) is 0 Å². The van der Waals surface area contributed by atoms with Crippen LogP contribution >= 0.6 is 24.0 Å². The van der Waals surface area contributed by atoms with Crippen LogP contribution in [0.15, 0.2) is 18.2 Å². The van der Waals surface area contributed by atoms with Gasteiger partial charge in [-0.05, 0) is 37.4 Å². The Balaban J connectivity index is 0.00000161. The first kappa shape index (κ1) is 16.6. The molecular formula is C16H22Cl2N2O. The van der Waals surface area contributed by atoms with Crippen LogP contribution in [0.1, 0.15) is 32.3 Å². The van der Waals surface area contributed by atoms with E-state index < -0.39 is 0 Å². The molecule has 0 atom stereocenters. The molecule has 21 heavy (non-hydrogen) atoms. The molecule has 1 aliphatic carbocycles. The van der Waals surface area contributed by atoms with Crippen molar-refractivity contribution >= 4 is 35.6 Å². The zero-order valence-electron chi connectivity index (χ0n) is 12.5. The minimum absolute atomic E-state index is 0. The fourth-order valence-electron chi connectivity index (χ4n) is 2.99. The number of carbonyl (C=O) groups is 1. The van der Waals surface area contributed by atoms with Crippen molar-refractivity contribution in [1.82, 2.24) is 5.32 Å². The van der Waals surface area contributed by atoms with Gasteiger partial charge in [-0.3, -0.25) is 4.79 Å². The molecule has 0 bridgehead atoms. The van der Waals surface area contributed by atoms with Crippen LogP contribution in [0.2, 0.25) is 5.02 Å². The van der Waals surface area contributed by atoms with E-state index in [1.165, 1.54) is 12.8 Å². The molecule has 3 nitrogen and oxygen atoms in total. The van der Waals surface area contributed by atoms with E-state index in [2.05, 4.69) is 19.2 Å². The van der Waals surface area contributed by atoms with Gasteiger partial charge in [0.15, 0.2) is 0 Å². The molecule has 3 rings (SSSR count). The third-order valence-electron chi connectivity index (χ3n) is 4.22. The molecule has 0 aromatic heterocycles. The predicted molar refractivity (Wildman–Crippen MR) is 89.7 cm³/mol. The molecule has 0 unspecified atom stereocenters. The van der Waals surface area contributed by atoms with Crippen molar-refractivity contribution in [2.24, 2.45) is 5.92 Å². The van der Waals surface area contributed by atoms with Crippen molar-refractivity contribution < 1.29 is 4.79 Å². The van der Waals surface area contributed by atoms with Crippen molar-refractivity contribution in [2.75, 3.05) is 24.5 Å². The average Bonchev–Trinajstić information content (AvgIpc) is 3.15. The molecule has 0 radical (unpaired) electrons. The molecule has 1 amide bonds. The van der Waals surface area contributed by atoms with Gasteiger partial charge in [0.25, 0.3) is 0 Å². The molecule has 1 fully saturated rings. The number of halogens is 2. The van der Waals surface area contributed by atoms with Crippen LogP contribution in [0.25, 0.3) is 0 Å². The summed E-state index contributed by atoms with van der Waals surface area (Å²) < 4.78 is 0. The number of amides is 1. The van der Waals surface area contributed by atoms with Crippen molar-refractivity contribution in [3.05, 3.63) is 28.8 Å². The Kier molecular flexibility index (Phi) is 4.86. The maximum absolute atomic E-state index is 12.4. The number of hydrogen-bond acceptors (Lipinski definition) is 2. The smallest absolute Gasteiger partial charge is 0.240 e. The van der Waals surface area contributed by atoms with E-state index in [0.29, 0.717) is 13.1 Å². The average molecular weight is 329 g/mol. The summed E-state index contributed by atoms with van der Waals surface area (Å²) in [6.45, 7) is 6.37. The highest BCUT2D eigenvalue weighted by Gasteiger charge is 2.39. The molecule has 2 aliphatic rings. The molecular weight excluding hydrogens is 307 g/mol. The minimum Gasteiger partial charge on any atom is -0.310 e. The van der Waals surface area contributed by atoms with Gasteiger partial charge in [0, 0.05) is 28.2 Å². The van der Waals surface area contributed by atoms with E-state index in [0.717, 1.165) is 28.7 Å². The Labute approximate surface area is 137 Å². The highest BCUT2D eigenvalue weighted by atomic mass is 35.5. The minimum atomic E-state index is -0.0835. The number of rotatable bonds is 4. The largest absolute Gasteiger partial charge is 0.310 e. The van der Waals surface area contributed by atoms with Crippen molar-refractivity contribution in [3.63, 3.8) is 0 Å². The Hall–Kier alpha value is -0.770. The number of nitrogens with one attached hydrogen (secondary N) is 1. The summed E-state index contributed by atoms with van der Waals surface area (Å²) in [6.07, 6.45) is 2.60. The lowest BCUT2D eigenvalue weighted by molar-refractivity contribution is -0.117. The van der Waals surface area contributed by atoms with Crippen LogP contribution in [0, 0.1) is 5.92 Å². The lowest BCUT2D eigenvalue weighted by atomic mass is 9.87. The fourth-order valence-corrected chi connectivity index (χ4v) is 3.42. The number of carbonyl (C=O) groups excluding carboxylic acids is 1. The monoisotopic (exact) mass is 328 g/mol. The van der Waals surface area contributed by atoms with Crippen LogP contribution in [0.4, 0.5) is 5.69 Å². The predicted octanol–water partition coefficient (Wildman–Crippen LogP) is 3.39. The molecule has 0 saturated heterocycles. The Morgan fingerprint density at radius 1 is 1.43 bits per heavy atom. The summed E-state index contributed by atoms with van der Waals surface area (Å²) >= 11 is 6.32. The maximum Gasteiger partial charge on any atom is 0.240 e. The summed E-state index contributed by atoms with van der Waals surface area (Å²) in [5, 5.41) is 4.03. The Bertz CT molecular complexity index is 541. The molecule has 1 heterocycles. The van der Waals surface area contributed by atoms with E-state index in [4.69, 9.17) is 11.6 Å². The van der Waals surface area contributed by atoms with Gasteiger partial charge in [-0.15, -0.1) is 12.4 Å². The van der Waals surface area contributed by atoms with E-state index >= 15 is 0 Å². The summed E-state index contributed by atoms with van der Waals surface area (Å²) in [5.74, 6) is 0.930. The fraction of sp³-hybridized carbons (Fsp3) is 0.562. The van der Waals surface area contributed by atoms with Gasteiger partial charge in [0.05, 0.1) is 6.54 Å². The van der Waals surface area contributed by atoms with Gasteiger partial charge in [-0.25, -0.2) is 0 Å². The summed E-state index contributed by atoms with van der Waals surface area (Å²) in [4.78, 5) is 14.3. The van der Waals surface area contributed by atoms with Gasteiger partial charge >= 0.3 is 0 Å². The van der Waals surface area contributed by atoms with E-state index in [-0.39, 0.29) is 23.7 Å². The zero-order chi connectivity index (χ0) is 14.3. The normalized spacial score (nSPS) is 19.1. The second kappa shape index (κ2) is 6.15. The lowest BCUT2D eigenvalue weighted by Crippen LogP contribution is -2.40. The van der Waals surface area contributed by atoms with Gasteiger partial charge < -0.3 is 10.2 Å². The third kappa shape index (κ3) is 3.36. The van der Waals surface area contributed by atoms with E-state index in [1.54, 1.807) is 0 Å². The van der Waals surface area contributed by atoms with Crippen molar-refractivity contribution in [2.45, 2.75) is 32.1 Å². The lowest BCUT2D eigenvalue weighted by Gasteiger charge is -2.21. The molecule has 116 valence electrons. The van der Waals surface area contributed by atoms with E-state index in [9.17, 15) is 4.79 Å². The highest BCUT2D eigenvalue weighted by molar-refractivity contribution is 6.32. The summed E-state index contributed by atoms with van der Waals surface area (Å²) in [6, 6.07) is 5.82. The SMILES string of the molecule is CC1(C)CN(C(=O)CNCC2CC2)c2cccc(Cl)c21.Cl. The van der Waals surface area contributed by atoms with Gasteiger partial charge in [-0.1, -0.05) is 31.5 Å². The van der Waals surface area contributed by atoms with Crippen LogP contribution in [-0.4, -0.2) is 25.5 Å². The molecule has 1 aromatic rings. The van der Waals surface area contributed by atoms with Crippen molar-refractivity contribution in [3.8, 4) is 0 Å². The Morgan fingerprint density at radius 2 is 2.14 bits per heavy atom. The summed E-state index contributed by atoms with van der Waals surface area (Å²) in [5.41, 5.74) is 1.98. The van der Waals surface area contributed by atoms with Crippen LogP contribution in [-0.2, 0) is 10.2 Å². The standard InChI is InChI=1S/C16H21ClN2O.ClH/c1-16(2)10-19(13-5-3-4-12(17)15(13)16)14(20)9-18-8-11-6-7-11;/h3-5,11,18H,6-10H2,1-2H3;1H. The molecule has 1 aliphatic heterocycles. The van der Waals surface area contributed by atoms with E-state index in [1.807, 2.05) is 23.1 Å². The van der Waals surface area contributed by atoms with Crippen LogP contribution in [0.3, 0.4) is 0 Å². The van der Waals surface area contributed by atoms with Crippen molar-refractivity contribution in [1.29, 1.82) is 0 Å². The first-order chi connectivity index (χ1) is 9.49. The zero-order valence-corrected chi connectivity index (χ0v) is 14.1. The number of anilines is 1. The number of hydrogen-bond donors (Lipinski definition) is 1. The molecule has 1 saturated carbocycles. The third-order valence-corrected chi connectivity index (χ3v) is 4.53. The van der Waals surface area contributed by atoms with Crippen LogP contribution < -0.4 is 10.2 Å². The number of benzene rings is 1. The molecule has 1 aromatic carbocycles.